The van der Waals surface area contributed by atoms with Crippen LogP contribution in [0.1, 0.15) is 36.9 Å². The van der Waals surface area contributed by atoms with Crippen LogP contribution in [0.2, 0.25) is 10.0 Å². The van der Waals surface area contributed by atoms with Gasteiger partial charge in [-0.1, -0.05) is 35.3 Å². The highest BCUT2D eigenvalue weighted by atomic mass is 35.5. The number of rotatable bonds is 11. The van der Waals surface area contributed by atoms with E-state index < -0.39 is 16.1 Å². The Kier molecular flexibility index (Phi) is 8.85. The zero-order chi connectivity index (χ0) is 31.0. The second-order valence-corrected chi connectivity index (χ2v) is 13.9. The van der Waals surface area contributed by atoms with Gasteiger partial charge in [0.25, 0.3) is 0 Å². The number of benzene rings is 2. The molecule has 0 bridgehead atoms. The van der Waals surface area contributed by atoms with Crippen molar-refractivity contribution in [1.29, 1.82) is 0 Å². The summed E-state index contributed by atoms with van der Waals surface area (Å²) in [6.07, 6.45) is 7.68. The van der Waals surface area contributed by atoms with E-state index >= 15 is 0 Å². The topological polar surface area (TPSA) is 116 Å². The summed E-state index contributed by atoms with van der Waals surface area (Å²) in [4.78, 5) is 21.1. The van der Waals surface area contributed by atoms with Crippen molar-refractivity contribution in [3.63, 3.8) is 0 Å². The summed E-state index contributed by atoms with van der Waals surface area (Å²) >= 11 is 13.4. The molecule has 2 aromatic heterocycles. The van der Waals surface area contributed by atoms with E-state index in [-0.39, 0.29) is 46.5 Å². The van der Waals surface area contributed by atoms with Crippen molar-refractivity contribution in [3.8, 4) is 11.4 Å². The van der Waals surface area contributed by atoms with E-state index in [2.05, 4.69) is 10.3 Å². The molecule has 6 rings (SSSR count). The van der Waals surface area contributed by atoms with E-state index in [4.69, 9.17) is 37.7 Å². The number of para-hydroxylation sites is 1. The lowest BCUT2D eigenvalue weighted by molar-refractivity contribution is -0.121. The second-order valence-electron chi connectivity index (χ2n) is 11.3. The number of ether oxygens (including phenoxy) is 2. The third-order valence-corrected chi connectivity index (χ3v) is 10.9. The number of aromatic nitrogens is 3. The maximum Gasteiger partial charge on any atom is 0.244 e. The van der Waals surface area contributed by atoms with Crippen LogP contribution in [0.15, 0.2) is 60.0 Å². The predicted octanol–water partition coefficient (Wildman–Crippen LogP) is 5.31. The summed E-state index contributed by atoms with van der Waals surface area (Å²) in [5, 5.41) is 3.70. The molecule has 44 heavy (non-hydrogen) atoms. The summed E-state index contributed by atoms with van der Waals surface area (Å²) < 4.78 is 43.7. The third kappa shape index (κ3) is 6.29. The van der Waals surface area contributed by atoms with Gasteiger partial charge < -0.3 is 19.4 Å². The number of hydrogen-bond donors (Lipinski definition) is 1. The molecule has 2 atom stereocenters. The molecule has 1 aliphatic heterocycles. The number of fused-ring (bicyclic) bond motifs is 1. The smallest absolute Gasteiger partial charge is 0.244 e. The molecule has 2 aliphatic rings. The molecule has 3 heterocycles. The van der Waals surface area contributed by atoms with Crippen molar-refractivity contribution in [2.75, 3.05) is 20.2 Å². The second kappa shape index (κ2) is 12.6. The minimum atomic E-state index is -4.12. The van der Waals surface area contributed by atoms with E-state index in [9.17, 15) is 13.2 Å². The average molecular weight is 659 g/mol. The van der Waals surface area contributed by atoms with Crippen LogP contribution >= 0.6 is 23.2 Å². The van der Waals surface area contributed by atoms with Crippen molar-refractivity contribution in [2.45, 2.75) is 56.3 Å². The zero-order valence-corrected chi connectivity index (χ0v) is 26.7. The van der Waals surface area contributed by atoms with Crippen LogP contribution in [0.4, 0.5) is 0 Å². The fourth-order valence-corrected chi connectivity index (χ4v) is 8.09. The molecule has 10 nitrogen and oxygen atoms in total. The number of pyridine rings is 1. The van der Waals surface area contributed by atoms with Gasteiger partial charge >= 0.3 is 0 Å². The Balaban J connectivity index is 1.28. The van der Waals surface area contributed by atoms with Crippen molar-refractivity contribution in [2.24, 2.45) is 5.92 Å². The van der Waals surface area contributed by atoms with Gasteiger partial charge in [-0.05, 0) is 56.4 Å². The highest BCUT2D eigenvalue weighted by molar-refractivity contribution is 7.89. The van der Waals surface area contributed by atoms with Gasteiger partial charge in [0, 0.05) is 66.7 Å². The van der Waals surface area contributed by atoms with E-state index in [0.29, 0.717) is 35.8 Å². The number of carbonyl (C=O) groups is 1. The Morgan fingerprint density at radius 2 is 2.00 bits per heavy atom. The Bertz CT molecular complexity index is 1800. The van der Waals surface area contributed by atoms with Crippen LogP contribution in [-0.4, -0.2) is 65.5 Å². The molecule has 4 aromatic rings. The molecule has 1 aliphatic carbocycles. The highest BCUT2D eigenvalue weighted by Gasteiger charge is 2.43. The van der Waals surface area contributed by atoms with Crippen LogP contribution in [-0.2, 0) is 26.2 Å². The van der Waals surface area contributed by atoms with Crippen molar-refractivity contribution < 1.29 is 22.7 Å². The summed E-state index contributed by atoms with van der Waals surface area (Å²) in [5.74, 6) is 0.780. The first-order chi connectivity index (χ1) is 21.2. The molecule has 1 saturated carbocycles. The summed E-state index contributed by atoms with van der Waals surface area (Å²) in [6, 6.07) is 9.92. The number of nitrogens with one attached hydrogen (secondary N) is 1. The summed E-state index contributed by atoms with van der Waals surface area (Å²) in [6.45, 7) is 2.55. The minimum absolute atomic E-state index is 0.0226. The molecular formula is C31H33Cl2N5O5S. The monoisotopic (exact) mass is 657 g/mol. The highest BCUT2D eigenvalue weighted by Crippen LogP contribution is 2.38. The SMILES string of the molecule is CNC(=O)C[C@@H]1C[C@@H](OCC2CC2)CN1S(=O)(=O)c1ccc(Cl)c(COc2cccc3c(-n4ccnc4)cc(C)nc23)c1Cl. The van der Waals surface area contributed by atoms with Crippen LogP contribution in [0.5, 0.6) is 5.75 Å². The Labute approximate surface area is 266 Å². The first-order valence-corrected chi connectivity index (χ1v) is 16.7. The average Bonchev–Trinajstić information content (AvgIpc) is 3.48. The third-order valence-electron chi connectivity index (χ3n) is 8.09. The molecule has 2 aromatic carbocycles. The lowest BCUT2D eigenvalue weighted by Gasteiger charge is -2.24. The molecule has 1 amide bonds. The van der Waals surface area contributed by atoms with Crippen LogP contribution in [0.25, 0.3) is 16.6 Å². The van der Waals surface area contributed by atoms with Gasteiger partial charge in [0.2, 0.25) is 15.9 Å². The minimum Gasteiger partial charge on any atom is -0.487 e. The lowest BCUT2D eigenvalue weighted by Crippen LogP contribution is -2.39. The summed E-state index contributed by atoms with van der Waals surface area (Å²) in [7, 11) is -2.58. The number of hydrogen-bond acceptors (Lipinski definition) is 7. The van der Waals surface area contributed by atoms with Gasteiger partial charge in [-0.25, -0.2) is 18.4 Å². The maximum absolute atomic E-state index is 14.1. The molecule has 0 radical (unpaired) electrons. The van der Waals surface area contributed by atoms with Crippen molar-refractivity contribution in [3.05, 3.63) is 76.4 Å². The molecular weight excluding hydrogens is 625 g/mol. The maximum atomic E-state index is 14.1. The fraction of sp³-hybridized carbons (Fsp3) is 0.387. The van der Waals surface area contributed by atoms with Crippen molar-refractivity contribution >= 4 is 50.0 Å². The Morgan fingerprint density at radius 3 is 2.73 bits per heavy atom. The Hall–Kier alpha value is -3.22. The fourth-order valence-electron chi connectivity index (χ4n) is 5.56. The van der Waals surface area contributed by atoms with E-state index in [0.717, 1.165) is 29.6 Å². The number of aryl methyl sites for hydroxylation is 1. The van der Waals surface area contributed by atoms with E-state index in [1.54, 1.807) is 18.6 Å². The van der Waals surface area contributed by atoms with Gasteiger partial charge in [-0.2, -0.15) is 4.31 Å². The molecule has 1 saturated heterocycles. The number of carbonyl (C=O) groups excluding carboxylic acids is 1. The molecule has 13 heteroatoms. The molecule has 0 spiro atoms. The molecule has 1 N–H and O–H groups in total. The van der Waals surface area contributed by atoms with Crippen LogP contribution in [0.3, 0.4) is 0 Å². The quantitative estimate of drug-likeness (QED) is 0.232. The number of imidazole rings is 1. The molecule has 0 unspecified atom stereocenters. The van der Waals surface area contributed by atoms with Crippen molar-refractivity contribution in [1.82, 2.24) is 24.2 Å². The first-order valence-electron chi connectivity index (χ1n) is 14.5. The standard InChI is InChI=1S/C31H33Cl2N5O5S/c1-19-12-26(37-11-10-35-18-37)23-4-3-5-27(31(23)36-19)43-17-24-25(32)8-9-28(30(24)33)44(40,41)38-15-22(42-16-20-6-7-20)13-21(38)14-29(39)34-2/h3-5,8-12,18,20-22H,6-7,13-17H2,1-2H3,(H,34,39)/t21-,22+/m0/s1. The lowest BCUT2D eigenvalue weighted by atomic mass is 10.1. The summed E-state index contributed by atoms with van der Waals surface area (Å²) in [5.41, 5.74) is 2.66. The van der Waals surface area contributed by atoms with Gasteiger partial charge in [0.05, 0.1) is 23.1 Å². The predicted molar refractivity (Wildman–Crippen MR) is 168 cm³/mol. The van der Waals surface area contributed by atoms with Gasteiger partial charge in [-0.3, -0.25) is 4.79 Å². The number of sulfonamides is 1. The van der Waals surface area contributed by atoms with Gasteiger partial charge in [0.1, 0.15) is 22.8 Å². The first kappa shape index (κ1) is 30.8. The number of nitrogens with zero attached hydrogens (tertiary/aromatic N) is 4. The van der Waals surface area contributed by atoms with Crippen LogP contribution < -0.4 is 10.1 Å². The zero-order valence-electron chi connectivity index (χ0n) is 24.4. The number of halogens is 2. The van der Waals surface area contributed by atoms with E-state index in [1.807, 2.05) is 35.9 Å². The molecule has 2 fully saturated rings. The number of amides is 1. The largest absolute Gasteiger partial charge is 0.487 e. The van der Waals surface area contributed by atoms with Crippen LogP contribution in [0, 0.1) is 12.8 Å². The normalized spacial score (nSPS) is 19.0. The molecule has 232 valence electrons. The Morgan fingerprint density at radius 1 is 1.18 bits per heavy atom. The van der Waals surface area contributed by atoms with Gasteiger partial charge in [0.15, 0.2) is 0 Å². The van der Waals surface area contributed by atoms with E-state index in [1.165, 1.54) is 23.5 Å². The van der Waals surface area contributed by atoms with Gasteiger partial charge in [-0.15, -0.1) is 0 Å².